The zero-order valence-corrected chi connectivity index (χ0v) is 20.0. The van der Waals surface area contributed by atoms with Crippen molar-refractivity contribution < 1.29 is 24.4 Å². The molecule has 0 bridgehead atoms. The van der Waals surface area contributed by atoms with Gasteiger partial charge in [0, 0.05) is 14.1 Å². The molecule has 0 aromatic heterocycles. The van der Waals surface area contributed by atoms with Crippen LogP contribution in [0.15, 0.2) is 36.4 Å². The number of carbonyl (C=O) groups is 2. The van der Waals surface area contributed by atoms with Crippen molar-refractivity contribution in [2.75, 3.05) is 28.3 Å². The van der Waals surface area contributed by atoms with Crippen LogP contribution < -0.4 is 5.48 Å². The van der Waals surface area contributed by atoms with Crippen LogP contribution >= 0.6 is 35.6 Å². The van der Waals surface area contributed by atoms with E-state index >= 15 is 0 Å². The second-order valence-electron chi connectivity index (χ2n) is 5.67. The number of carboxylic acids is 1. The van der Waals surface area contributed by atoms with Crippen LogP contribution in [0.25, 0.3) is 0 Å². The average molecular weight is 482 g/mol. The van der Waals surface area contributed by atoms with Crippen molar-refractivity contribution in [2.24, 2.45) is 0 Å². The number of carboxylic acid groups (broad SMARTS) is 1. The molecule has 2 aromatic rings. The smallest absolute Gasteiger partial charge is 0.337 e. The second-order valence-corrected chi connectivity index (χ2v) is 6.48. The van der Waals surface area contributed by atoms with E-state index in [1.807, 2.05) is 19.9 Å². The number of aromatic carboxylic acids is 1. The molecule has 0 aliphatic heterocycles. The first-order valence-corrected chi connectivity index (χ1v) is 9.12. The Balaban J connectivity index is 0. The number of amides is 1. The maximum Gasteiger partial charge on any atom is 0.337 e. The van der Waals surface area contributed by atoms with Gasteiger partial charge in [0.1, 0.15) is 0 Å². The zero-order valence-electron chi connectivity index (χ0n) is 17.7. The highest BCUT2D eigenvalue weighted by Crippen LogP contribution is 2.19. The Morgan fingerprint density at radius 1 is 0.967 bits per heavy atom. The van der Waals surface area contributed by atoms with Crippen LogP contribution in [0.4, 0.5) is 0 Å². The number of nitrogens with zero attached hydrogens (tertiary/aromatic N) is 1. The lowest BCUT2D eigenvalue weighted by Gasteiger charge is -2.14. The molecule has 30 heavy (non-hydrogen) atoms. The van der Waals surface area contributed by atoms with Crippen molar-refractivity contribution in [2.45, 2.75) is 13.8 Å². The van der Waals surface area contributed by atoms with Gasteiger partial charge in [-0.15, -0.1) is 12.4 Å². The first kappa shape index (κ1) is 30.3. The molecule has 2 N–H and O–H groups in total. The van der Waals surface area contributed by atoms with E-state index in [1.54, 1.807) is 51.5 Å². The Morgan fingerprint density at radius 2 is 1.37 bits per heavy atom. The normalized spacial score (nSPS) is 9.20. The Hall–Kier alpha value is -1.87. The van der Waals surface area contributed by atoms with E-state index in [1.165, 1.54) is 7.11 Å². The molecule has 0 unspecified atom stereocenters. The fourth-order valence-electron chi connectivity index (χ4n) is 1.86. The highest BCUT2D eigenvalue weighted by molar-refractivity contribution is 6.34. The molecular formula is C20H27Cl3N2O5. The van der Waals surface area contributed by atoms with Gasteiger partial charge in [0.25, 0.3) is 5.91 Å². The molecule has 1 amide bonds. The third-order valence-corrected chi connectivity index (χ3v) is 4.13. The lowest BCUT2D eigenvalue weighted by atomic mass is 10.1. The Morgan fingerprint density at radius 3 is 1.70 bits per heavy atom. The number of aryl methyl sites for hydroxylation is 2. The maximum absolute atomic E-state index is 11.7. The van der Waals surface area contributed by atoms with Crippen LogP contribution in [-0.4, -0.2) is 50.4 Å². The summed E-state index contributed by atoms with van der Waals surface area (Å²) in [7, 11) is 6.25. The molecule has 10 heteroatoms. The monoisotopic (exact) mass is 480 g/mol. The molecule has 7 nitrogen and oxygen atoms in total. The molecule has 0 aliphatic carbocycles. The van der Waals surface area contributed by atoms with Gasteiger partial charge in [-0.2, -0.15) is 0 Å². The number of nitrogens with one attached hydrogen (secondary N) is 1. The van der Waals surface area contributed by atoms with Crippen molar-refractivity contribution in [1.29, 1.82) is 0 Å². The number of benzene rings is 2. The van der Waals surface area contributed by atoms with E-state index in [-0.39, 0.29) is 28.9 Å². The highest BCUT2D eigenvalue weighted by atomic mass is 35.5. The number of hydroxylamine groups is 3. The van der Waals surface area contributed by atoms with Crippen LogP contribution in [0.1, 0.15) is 31.8 Å². The maximum atomic E-state index is 11.7. The molecule has 0 saturated carbocycles. The van der Waals surface area contributed by atoms with Crippen LogP contribution in [0.3, 0.4) is 0 Å². The summed E-state index contributed by atoms with van der Waals surface area (Å²) in [6.45, 7) is 3.72. The predicted molar refractivity (Wildman–Crippen MR) is 122 cm³/mol. The van der Waals surface area contributed by atoms with Gasteiger partial charge in [0.05, 0.1) is 35.4 Å². The zero-order chi connectivity index (χ0) is 22.6. The number of carbonyl (C=O) groups excluding carboxylic acids is 1. The number of rotatable bonds is 4. The van der Waals surface area contributed by atoms with Gasteiger partial charge in [0.15, 0.2) is 0 Å². The molecule has 0 fully saturated rings. The molecule has 0 radical (unpaired) electrons. The van der Waals surface area contributed by atoms with Crippen molar-refractivity contribution >= 4 is 47.5 Å². The quantitative estimate of drug-likeness (QED) is 0.609. The Labute approximate surface area is 193 Å². The van der Waals surface area contributed by atoms with E-state index in [0.717, 1.165) is 16.2 Å². The van der Waals surface area contributed by atoms with Crippen LogP contribution in [0.5, 0.6) is 0 Å². The molecule has 2 rings (SSSR count). The van der Waals surface area contributed by atoms with E-state index in [4.69, 9.17) is 33.1 Å². The lowest BCUT2D eigenvalue weighted by molar-refractivity contribution is -0.0756. The van der Waals surface area contributed by atoms with Crippen molar-refractivity contribution in [3.63, 3.8) is 0 Å². The molecule has 2 aromatic carbocycles. The lowest BCUT2D eigenvalue weighted by Crippen LogP contribution is -2.25. The topological polar surface area (TPSA) is 88.1 Å². The Bertz CT molecular complexity index is 817. The summed E-state index contributed by atoms with van der Waals surface area (Å²) in [5.41, 5.74) is 4.93. The van der Waals surface area contributed by atoms with Crippen molar-refractivity contribution in [1.82, 2.24) is 10.5 Å². The van der Waals surface area contributed by atoms with Gasteiger partial charge in [-0.05, 0) is 38.1 Å². The predicted octanol–water partition coefficient (Wildman–Crippen LogP) is 4.82. The van der Waals surface area contributed by atoms with Gasteiger partial charge in [-0.3, -0.25) is 9.63 Å². The summed E-state index contributed by atoms with van der Waals surface area (Å²) in [4.78, 5) is 31.2. The van der Waals surface area contributed by atoms with Gasteiger partial charge in [-0.25, -0.2) is 15.3 Å². The second kappa shape index (κ2) is 15.9. The molecule has 0 atom stereocenters. The fraction of sp³-hybridized carbons (Fsp3) is 0.300. The van der Waals surface area contributed by atoms with Crippen molar-refractivity contribution in [3.05, 3.63) is 68.7 Å². The fourth-order valence-corrected chi connectivity index (χ4v) is 2.26. The average Bonchev–Trinajstić information content (AvgIpc) is 2.70. The standard InChI is InChI=1S/C10H12ClNO2.C8H7ClO2.C2H7NO.ClH/c1-7-4-5-9(11)8(6-7)10(13)12(2)14-3;1-5-2-3-7(9)6(4-5)8(10)11;1-3-4-2;/h4-6H,1-3H3;2-4H,1H3,(H,10,11);3H,1-2H3;1H. The van der Waals surface area contributed by atoms with Gasteiger partial charge in [-0.1, -0.05) is 46.5 Å². The van der Waals surface area contributed by atoms with Crippen LogP contribution in [0, 0.1) is 13.8 Å². The van der Waals surface area contributed by atoms with E-state index in [0.29, 0.717) is 10.6 Å². The molecule has 0 saturated heterocycles. The molecule has 0 heterocycles. The SMILES string of the molecule is CNOC.CON(C)C(=O)c1cc(C)ccc1Cl.Cc1ccc(Cl)c(C(=O)O)c1.Cl. The minimum atomic E-state index is -0.987. The third kappa shape index (κ3) is 10.8. The Kier molecular flexibility index (Phi) is 16.1. The van der Waals surface area contributed by atoms with Gasteiger partial charge in [0.2, 0.25) is 0 Å². The summed E-state index contributed by atoms with van der Waals surface area (Å²) in [6, 6.07) is 10.2. The van der Waals surface area contributed by atoms with Gasteiger partial charge < -0.3 is 9.94 Å². The summed E-state index contributed by atoms with van der Waals surface area (Å²) >= 11 is 11.5. The minimum absolute atomic E-state index is 0. The van der Waals surface area contributed by atoms with E-state index in [9.17, 15) is 9.59 Å². The number of halogens is 3. The summed E-state index contributed by atoms with van der Waals surface area (Å²) in [5, 5.41) is 10.5. The molecular weight excluding hydrogens is 455 g/mol. The first-order chi connectivity index (χ1) is 13.6. The van der Waals surface area contributed by atoms with Crippen molar-refractivity contribution in [3.8, 4) is 0 Å². The van der Waals surface area contributed by atoms with Crippen LogP contribution in [-0.2, 0) is 9.68 Å². The number of hydrogen-bond acceptors (Lipinski definition) is 5. The minimum Gasteiger partial charge on any atom is -0.478 e. The molecule has 168 valence electrons. The largest absolute Gasteiger partial charge is 0.478 e. The summed E-state index contributed by atoms with van der Waals surface area (Å²) in [5.74, 6) is -1.24. The molecule has 0 aliphatic rings. The van der Waals surface area contributed by atoms with Crippen LogP contribution in [0.2, 0.25) is 10.0 Å². The first-order valence-electron chi connectivity index (χ1n) is 8.36. The summed E-state index contributed by atoms with van der Waals surface area (Å²) in [6.07, 6.45) is 0. The number of hydrogen-bond donors (Lipinski definition) is 2. The van der Waals surface area contributed by atoms with Gasteiger partial charge >= 0.3 is 5.97 Å². The van der Waals surface area contributed by atoms with E-state index in [2.05, 4.69) is 10.3 Å². The third-order valence-electron chi connectivity index (χ3n) is 3.47. The summed E-state index contributed by atoms with van der Waals surface area (Å²) < 4.78 is 0. The molecule has 0 spiro atoms. The highest BCUT2D eigenvalue weighted by Gasteiger charge is 2.14. The van der Waals surface area contributed by atoms with E-state index < -0.39 is 5.97 Å².